The number of hydrogen-bond donors (Lipinski definition) is 2. The molecule has 0 spiro atoms. The number of aryl methyl sites for hydroxylation is 3. The molecule has 0 saturated heterocycles. The minimum Gasteiger partial charge on any atom is -0.493 e. The van der Waals surface area contributed by atoms with Crippen LogP contribution in [0, 0.1) is 32.5 Å². The van der Waals surface area contributed by atoms with Crippen LogP contribution < -0.4 is 19.9 Å². The summed E-state index contributed by atoms with van der Waals surface area (Å²) in [5.74, 6) is -0.562. The molecule has 0 fully saturated rings. The minimum atomic E-state index is -4.38. The number of halogens is 1. The number of nitrogens with zero attached hydrogens (tertiary/aromatic N) is 2. The molecule has 0 aliphatic rings. The van der Waals surface area contributed by atoms with E-state index in [2.05, 4.69) is 9.97 Å². The van der Waals surface area contributed by atoms with Crippen LogP contribution in [0.4, 0.5) is 10.2 Å². The van der Waals surface area contributed by atoms with Gasteiger partial charge in [0.2, 0.25) is 0 Å². The van der Waals surface area contributed by atoms with E-state index in [0.29, 0.717) is 29.2 Å². The van der Waals surface area contributed by atoms with Crippen molar-refractivity contribution >= 4 is 21.7 Å². The number of benzene rings is 2. The third kappa shape index (κ3) is 7.17. The standard InChI is InChI=1S/C30H31FN4O5S/c1-17(2)16-39-24-12-21(11-23(31)14-24)22-13-25(40-29-19(4)9-18(3)10-20(29)5)28(33-15-22)30(36)35-41(37,38)27-8-6-7-26(32)34-27/h6-15,17H,16H2,1-5H3,(H2,32,34)(H,35,36). The molecule has 41 heavy (non-hydrogen) atoms. The molecule has 0 atom stereocenters. The fraction of sp³-hybridized carbons (Fsp3) is 0.233. The summed E-state index contributed by atoms with van der Waals surface area (Å²) < 4.78 is 54.2. The number of ether oxygens (including phenoxy) is 2. The third-order valence-corrected chi connectivity index (χ3v) is 7.15. The van der Waals surface area contributed by atoms with Crippen LogP contribution in [0.3, 0.4) is 0 Å². The van der Waals surface area contributed by atoms with E-state index >= 15 is 0 Å². The predicted octanol–water partition coefficient (Wildman–Crippen LogP) is 5.74. The molecule has 1 amide bonds. The summed E-state index contributed by atoms with van der Waals surface area (Å²) in [6.45, 7) is 10.0. The van der Waals surface area contributed by atoms with Crippen molar-refractivity contribution in [3.63, 3.8) is 0 Å². The van der Waals surface area contributed by atoms with Crippen LogP contribution in [0.5, 0.6) is 17.2 Å². The lowest BCUT2D eigenvalue weighted by Crippen LogP contribution is -2.32. The Morgan fingerprint density at radius 2 is 1.73 bits per heavy atom. The highest BCUT2D eigenvalue weighted by atomic mass is 32.2. The molecule has 2 aromatic heterocycles. The number of anilines is 1. The van der Waals surface area contributed by atoms with Crippen LogP contribution >= 0.6 is 0 Å². The summed E-state index contributed by atoms with van der Waals surface area (Å²) in [4.78, 5) is 21.3. The van der Waals surface area contributed by atoms with Crippen LogP contribution in [-0.4, -0.2) is 30.9 Å². The van der Waals surface area contributed by atoms with Gasteiger partial charge in [0.15, 0.2) is 16.5 Å². The summed E-state index contributed by atoms with van der Waals surface area (Å²) in [6.07, 6.45) is 1.34. The Morgan fingerprint density at radius 3 is 2.39 bits per heavy atom. The zero-order valence-electron chi connectivity index (χ0n) is 23.4. The summed E-state index contributed by atoms with van der Waals surface area (Å²) >= 11 is 0. The highest BCUT2D eigenvalue weighted by molar-refractivity contribution is 7.90. The molecule has 11 heteroatoms. The van der Waals surface area contributed by atoms with Gasteiger partial charge in [0.05, 0.1) is 6.61 Å². The molecular formula is C30H31FN4O5S. The summed E-state index contributed by atoms with van der Waals surface area (Å²) in [5.41, 5.74) is 8.79. The number of pyridine rings is 2. The first-order valence-corrected chi connectivity index (χ1v) is 14.3. The summed E-state index contributed by atoms with van der Waals surface area (Å²) in [5, 5.41) is -0.427. The Morgan fingerprint density at radius 1 is 1.02 bits per heavy atom. The van der Waals surface area contributed by atoms with E-state index in [1.807, 2.05) is 51.5 Å². The average molecular weight is 579 g/mol. The topological polar surface area (TPSA) is 134 Å². The molecule has 0 radical (unpaired) electrons. The highest BCUT2D eigenvalue weighted by Gasteiger charge is 2.25. The Kier molecular flexibility index (Phi) is 8.57. The second-order valence-corrected chi connectivity index (χ2v) is 11.7. The third-order valence-electron chi connectivity index (χ3n) is 5.92. The Hall–Kier alpha value is -4.51. The quantitative estimate of drug-likeness (QED) is 0.257. The first kappa shape index (κ1) is 29.5. The molecule has 9 nitrogen and oxygen atoms in total. The summed E-state index contributed by atoms with van der Waals surface area (Å²) in [6, 6.07) is 13.6. The maximum Gasteiger partial charge on any atom is 0.287 e. The molecule has 4 aromatic rings. The van der Waals surface area contributed by atoms with E-state index in [0.717, 1.165) is 16.7 Å². The predicted molar refractivity (Wildman–Crippen MR) is 154 cm³/mol. The number of nitrogens with one attached hydrogen (secondary N) is 1. The number of sulfonamides is 1. The maximum atomic E-state index is 14.5. The highest BCUT2D eigenvalue weighted by Crippen LogP contribution is 2.35. The molecule has 0 aliphatic carbocycles. The lowest BCUT2D eigenvalue weighted by Gasteiger charge is -2.17. The van der Waals surface area contributed by atoms with Crippen molar-refractivity contribution in [2.24, 2.45) is 5.92 Å². The zero-order valence-corrected chi connectivity index (χ0v) is 24.2. The molecule has 3 N–H and O–H groups in total. The van der Waals surface area contributed by atoms with Crippen molar-refractivity contribution in [3.05, 3.63) is 89.0 Å². The number of carbonyl (C=O) groups is 1. The van der Waals surface area contributed by atoms with Gasteiger partial charge in [0.25, 0.3) is 15.9 Å². The normalized spacial score (nSPS) is 11.4. The largest absolute Gasteiger partial charge is 0.493 e. The average Bonchev–Trinajstić information content (AvgIpc) is 2.89. The van der Waals surface area contributed by atoms with Crippen molar-refractivity contribution in [2.75, 3.05) is 12.3 Å². The van der Waals surface area contributed by atoms with Crippen molar-refractivity contribution in [1.29, 1.82) is 0 Å². The van der Waals surface area contributed by atoms with Crippen LogP contribution in [0.1, 0.15) is 41.0 Å². The number of rotatable bonds is 9. The first-order valence-electron chi connectivity index (χ1n) is 12.8. The SMILES string of the molecule is Cc1cc(C)c(Oc2cc(-c3cc(F)cc(OCC(C)C)c3)cnc2C(=O)NS(=O)(=O)c2cccc(N)n2)c(C)c1. The van der Waals surface area contributed by atoms with Crippen molar-refractivity contribution in [2.45, 2.75) is 39.6 Å². The van der Waals surface area contributed by atoms with Gasteiger partial charge in [-0.2, -0.15) is 8.42 Å². The van der Waals surface area contributed by atoms with Crippen LogP contribution in [-0.2, 0) is 10.0 Å². The van der Waals surface area contributed by atoms with Gasteiger partial charge in [-0.05, 0) is 73.7 Å². The van der Waals surface area contributed by atoms with E-state index in [4.69, 9.17) is 15.2 Å². The number of nitrogens with two attached hydrogens (primary N) is 1. The van der Waals surface area contributed by atoms with Crippen LogP contribution in [0.2, 0.25) is 0 Å². The van der Waals surface area contributed by atoms with E-state index < -0.39 is 26.8 Å². The fourth-order valence-electron chi connectivity index (χ4n) is 4.17. The maximum absolute atomic E-state index is 14.5. The van der Waals surface area contributed by atoms with E-state index in [1.165, 1.54) is 42.6 Å². The molecule has 0 bridgehead atoms. The second-order valence-electron chi connectivity index (χ2n) is 10.1. The monoisotopic (exact) mass is 578 g/mol. The molecule has 214 valence electrons. The Balaban J connectivity index is 1.78. The van der Waals surface area contributed by atoms with E-state index in [-0.39, 0.29) is 23.2 Å². The number of carbonyl (C=O) groups excluding carboxylic acids is 1. The molecule has 2 heterocycles. The molecule has 0 unspecified atom stereocenters. The Labute approximate surface area is 238 Å². The van der Waals surface area contributed by atoms with Crippen molar-refractivity contribution < 1.29 is 27.1 Å². The van der Waals surface area contributed by atoms with Gasteiger partial charge in [0, 0.05) is 17.8 Å². The van der Waals surface area contributed by atoms with Gasteiger partial charge in [-0.15, -0.1) is 0 Å². The summed E-state index contributed by atoms with van der Waals surface area (Å²) in [7, 11) is -4.38. The van der Waals surface area contributed by atoms with Gasteiger partial charge in [-0.1, -0.05) is 37.6 Å². The molecule has 4 rings (SSSR count). The number of nitrogen functional groups attached to an aromatic ring is 1. The van der Waals surface area contributed by atoms with Gasteiger partial charge in [0.1, 0.15) is 23.1 Å². The van der Waals surface area contributed by atoms with Gasteiger partial charge >= 0.3 is 0 Å². The number of aromatic nitrogens is 2. The molecule has 0 aliphatic heterocycles. The second kappa shape index (κ2) is 11.9. The molecule has 0 saturated carbocycles. The lowest BCUT2D eigenvalue weighted by molar-refractivity contribution is 0.0974. The molecule has 2 aromatic carbocycles. The Bertz CT molecular complexity index is 1700. The van der Waals surface area contributed by atoms with E-state index in [1.54, 1.807) is 6.07 Å². The van der Waals surface area contributed by atoms with Gasteiger partial charge < -0.3 is 15.2 Å². The van der Waals surface area contributed by atoms with Crippen LogP contribution in [0.15, 0.2) is 65.8 Å². The smallest absolute Gasteiger partial charge is 0.287 e. The van der Waals surface area contributed by atoms with Gasteiger partial charge in [-0.25, -0.2) is 19.1 Å². The molecular weight excluding hydrogens is 547 g/mol. The lowest BCUT2D eigenvalue weighted by atomic mass is 10.1. The first-order chi connectivity index (χ1) is 19.3. The van der Waals surface area contributed by atoms with Crippen LogP contribution in [0.25, 0.3) is 11.1 Å². The minimum absolute atomic E-state index is 0.0241. The number of amides is 1. The fourth-order valence-corrected chi connectivity index (χ4v) is 5.10. The van der Waals surface area contributed by atoms with Crippen molar-refractivity contribution in [1.82, 2.24) is 14.7 Å². The number of hydrogen-bond acceptors (Lipinski definition) is 8. The van der Waals surface area contributed by atoms with Gasteiger partial charge in [-0.3, -0.25) is 4.79 Å². The zero-order chi connectivity index (χ0) is 29.9. The van der Waals surface area contributed by atoms with E-state index in [9.17, 15) is 17.6 Å². The van der Waals surface area contributed by atoms with Crippen molar-refractivity contribution in [3.8, 4) is 28.4 Å².